The molecule has 0 spiro atoms. The summed E-state index contributed by atoms with van der Waals surface area (Å²) in [6, 6.07) is 7.21. The molecule has 3 heteroatoms. The molecule has 62 valence electrons. The summed E-state index contributed by atoms with van der Waals surface area (Å²) >= 11 is 0. The molecule has 3 nitrogen and oxygen atoms in total. The van der Waals surface area contributed by atoms with Crippen molar-refractivity contribution in [3.05, 3.63) is 35.0 Å². The van der Waals surface area contributed by atoms with Gasteiger partial charge in [-0.05, 0) is 18.1 Å². The Morgan fingerprint density at radius 2 is 2.00 bits per heavy atom. The molecule has 0 aromatic heterocycles. The van der Waals surface area contributed by atoms with Crippen molar-refractivity contribution < 1.29 is 4.79 Å². The zero-order valence-corrected chi connectivity index (χ0v) is 6.49. The molecule has 0 fully saturated rings. The van der Waals surface area contributed by atoms with Gasteiger partial charge in [-0.2, -0.15) is 0 Å². The Morgan fingerprint density at radius 1 is 1.25 bits per heavy atom. The third-order valence-electron chi connectivity index (χ3n) is 2.05. The van der Waals surface area contributed by atoms with Crippen LogP contribution in [0.15, 0.2) is 24.3 Å². The van der Waals surface area contributed by atoms with Crippen LogP contribution in [0.4, 0.5) is 5.69 Å². The van der Waals surface area contributed by atoms with Gasteiger partial charge in [-0.15, -0.1) is 0 Å². The second-order valence-corrected chi connectivity index (χ2v) is 2.82. The van der Waals surface area contributed by atoms with Crippen molar-refractivity contribution in [2.45, 2.75) is 12.8 Å². The maximum absolute atomic E-state index is 11.2. The number of hydrogen-bond donors (Lipinski definition) is 0. The maximum Gasteiger partial charge on any atom is 0.216 e. The van der Waals surface area contributed by atoms with Crippen LogP contribution in [0.25, 0.3) is 0 Å². The Hall–Kier alpha value is -1.35. The summed E-state index contributed by atoms with van der Waals surface area (Å²) in [6.45, 7) is 0. The molecule has 0 atom stereocenters. The average Bonchev–Trinajstić information content (AvgIpc) is 2.12. The first-order valence-electron chi connectivity index (χ1n) is 3.87. The van der Waals surface area contributed by atoms with E-state index >= 15 is 0 Å². The third-order valence-corrected chi connectivity index (χ3v) is 2.05. The summed E-state index contributed by atoms with van der Waals surface area (Å²) in [7, 11) is 0. The van der Waals surface area contributed by atoms with E-state index < -0.39 is 0 Å². The van der Waals surface area contributed by atoms with E-state index in [0.29, 0.717) is 23.6 Å². The molecule has 0 radical (unpaired) electrons. The molecule has 0 N–H and O–H groups in total. The lowest BCUT2D eigenvalue weighted by molar-refractivity contribution is -0.118. The largest absolute Gasteiger partial charge is 0.752 e. The number of aryl methyl sites for hydroxylation is 1. The molecule has 1 amide bonds. The third kappa shape index (κ3) is 0.987. The lowest BCUT2D eigenvalue weighted by atomic mass is 10.0. The highest BCUT2D eigenvalue weighted by molar-refractivity contribution is 5.96. The van der Waals surface area contributed by atoms with Gasteiger partial charge < -0.3 is 10.3 Å². The number of fused-ring (bicyclic) bond motifs is 1. The zero-order chi connectivity index (χ0) is 8.55. The molecule has 0 aliphatic carbocycles. The summed E-state index contributed by atoms with van der Waals surface area (Å²) in [5.74, 6) is -0.339. The topological polar surface area (TPSA) is 43.4 Å². The molecule has 1 aliphatic rings. The van der Waals surface area contributed by atoms with Crippen LogP contribution >= 0.6 is 0 Å². The fraction of sp³-hybridized carbons (Fsp3) is 0.222. The van der Waals surface area contributed by atoms with E-state index in [9.17, 15) is 10.0 Å². The van der Waals surface area contributed by atoms with Crippen molar-refractivity contribution in [1.82, 2.24) is 0 Å². The molecule has 1 aromatic rings. The second-order valence-electron chi connectivity index (χ2n) is 2.82. The first kappa shape index (κ1) is 7.31. The summed E-state index contributed by atoms with van der Waals surface area (Å²) < 4.78 is 0. The summed E-state index contributed by atoms with van der Waals surface area (Å²) in [5.41, 5.74) is 1.47. The monoisotopic (exact) mass is 162 g/mol. The number of benzene rings is 1. The van der Waals surface area contributed by atoms with Gasteiger partial charge in [0.1, 0.15) is 0 Å². The minimum Gasteiger partial charge on any atom is -0.752 e. The summed E-state index contributed by atoms with van der Waals surface area (Å²) in [4.78, 5) is 11.0. The molecule has 12 heavy (non-hydrogen) atoms. The van der Waals surface area contributed by atoms with E-state index in [4.69, 9.17) is 0 Å². The summed E-state index contributed by atoms with van der Waals surface area (Å²) in [6.07, 6.45) is 1.02. The van der Waals surface area contributed by atoms with Crippen molar-refractivity contribution in [1.29, 1.82) is 0 Å². The van der Waals surface area contributed by atoms with Gasteiger partial charge in [0.05, 0.1) is 0 Å². The van der Waals surface area contributed by atoms with E-state index in [1.165, 1.54) is 0 Å². The number of nitrogens with zero attached hydrogens (tertiary/aromatic N) is 1. The average molecular weight is 162 g/mol. The number of para-hydroxylation sites is 1. The Morgan fingerprint density at radius 3 is 2.83 bits per heavy atom. The van der Waals surface area contributed by atoms with Gasteiger partial charge in [0, 0.05) is 12.1 Å². The van der Waals surface area contributed by atoms with E-state index in [0.717, 1.165) is 5.56 Å². The highest BCUT2D eigenvalue weighted by Gasteiger charge is 2.15. The molecule has 1 heterocycles. The molecule has 1 aromatic carbocycles. The zero-order valence-electron chi connectivity index (χ0n) is 6.49. The lowest BCUT2D eigenvalue weighted by Gasteiger charge is -2.34. The van der Waals surface area contributed by atoms with Crippen LogP contribution < -0.4 is 5.06 Å². The second kappa shape index (κ2) is 2.60. The fourth-order valence-corrected chi connectivity index (χ4v) is 1.40. The minimum absolute atomic E-state index is 0.334. The smallest absolute Gasteiger partial charge is 0.216 e. The predicted octanol–water partition coefficient (Wildman–Crippen LogP) is 1.46. The van der Waals surface area contributed by atoms with Gasteiger partial charge in [0.25, 0.3) is 0 Å². The van der Waals surface area contributed by atoms with E-state index in [1.807, 2.05) is 12.1 Å². The van der Waals surface area contributed by atoms with Gasteiger partial charge in [-0.25, -0.2) is 0 Å². The van der Waals surface area contributed by atoms with E-state index in [1.54, 1.807) is 12.1 Å². The first-order chi connectivity index (χ1) is 5.79. The van der Waals surface area contributed by atoms with Crippen LogP contribution in [0.3, 0.4) is 0 Å². The van der Waals surface area contributed by atoms with Gasteiger partial charge in [0.15, 0.2) is 0 Å². The molecule has 0 saturated carbocycles. The van der Waals surface area contributed by atoms with Crippen LogP contribution in [-0.2, 0) is 11.2 Å². The van der Waals surface area contributed by atoms with Crippen molar-refractivity contribution >= 4 is 11.6 Å². The van der Waals surface area contributed by atoms with Crippen molar-refractivity contribution in [3.63, 3.8) is 0 Å². The molecular weight excluding hydrogens is 154 g/mol. The Balaban J connectivity index is 2.48. The molecule has 0 unspecified atom stereocenters. The van der Waals surface area contributed by atoms with Crippen LogP contribution in [0.2, 0.25) is 0 Å². The first-order valence-corrected chi connectivity index (χ1v) is 3.87. The molecule has 0 saturated heterocycles. The van der Waals surface area contributed by atoms with Crippen molar-refractivity contribution in [2.75, 3.05) is 5.06 Å². The maximum atomic E-state index is 11.2. The SMILES string of the molecule is O=C1CCc2ccccc2N1[O-]. The Bertz CT molecular complexity index is 322. The normalized spacial score (nSPS) is 16.1. The number of rotatable bonds is 0. The number of carbonyl (C=O) groups is 1. The summed E-state index contributed by atoms with van der Waals surface area (Å²) in [5, 5.41) is 11.7. The Kier molecular flexibility index (Phi) is 1.59. The standard InChI is InChI=1S/C9H8NO2/c11-9-6-5-7-3-1-2-4-8(7)10(9)12/h1-4H,5-6H2/q-1. The number of hydrogen-bond acceptors (Lipinski definition) is 2. The number of anilines is 1. The van der Waals surface area contributed by atoms with Crippen LogP contribution in [0.5, 0.6) is 0 Å². The van der Waals surface area contributed by atoms with Crippen LogP contribution in [-0.4, -0.2) is 5.91 Å². The van der Waals surface area contributed by atoms with Gasteiger partial charge in [-0.1, -0.05) is 18.2 Å². The molecule has 0 bridgehead atoms. The Labute approximate surface area is 70.2 Å². The van der Waals surface area contributed by atoms with Gasteiger partial charge in [0.2, 0.25) is 5.91 Å². The lowest BCUT2D eigenvalue weighted by Crippen LogP contribution is -2.29. The molecular formula is C9H8NO2-. The number of hydroxylamine groups is 1. The number of amides is 1. The van der Waals surface area contributed by atoms with Crippen molar-refractivity contribution in [3.8, 4) is 0 Å². The van der Waals surface area contributed by atoms with E-state index in [2.05, 4.69) is 0 Å². The highest BCUT2D eigenvalue weighted by atomic mass is 16.5. The molecule has 2 rings (SSSR count). The minimum atomic E-state index is -0.339. The van der Waals surface area contributed by atoms with Crippen LogP contribution in [0, 0.1) is 5.21 Å². The van der Waals surface area contributed by atoms with Gasteiger partial charge in [-0.3, -0.25) is 4.79 Å². The van der Waals surface area contributed by atoms with Gasteiger partial charge >= 0.3 is 0 Å². The quantitative estimate of drug-likeness (QED) is 0.579. The highest BCUT2D eigenvalue weighted by Crippen LogP contribution is 2.25. The predicted molar refractivity (Wildman–Crippen MR) is 45.6 cm³/mol. The van der Waals surface area contributed by atoms with E-state index in [-0.39, 0.29) is 5.91 Å². The van der Waals surface area contributed by atoms with Crippen LogP contribution in [0.1, 0.15) is 12.0 Å². The fourth-order valence-electron chi connectivity index (χ4n) is 1.40. The number of carbonyl (C=O) groups excluding carboxylic acids is 1. The molecule has 1 aliphatic heterocycles. The van der Waals surface area contributed by atoms with Crippen molar-refractivity contribution in [2.24, 2.45) is 0 Å².